The van der Waals surface area contributed by atoms with Crippen LogP contribution in [0, 0.1) is 0 Å². The molecule has 476 valence electrons. The monoisotopic (exact) mass is 1290 g/mol. The van der Waals surface area contributed by atoms with Gasteiger partial charge in [-0.1, -0.05) is 75.1 Å². The van der Waals surface area contributed by atoms with Gasteiger partial charge in [0.2, 0.25) is 0 Å². The summed E-state index contributed by atoms with van der Waals surface area (Å²) in [6.45, 7) is 20.4. The van der Waals surface area contributed by atoms with Crippen molar-refractivity contribution in [3.8, 4) is 22.5 Å². The summed E-state index contributed by atoms with van der Waals surface area (Å²) in [4.78, 5) is 45.5. The maximum atomic E-state index is 14.4. The number of ether oxygens (including phenoxy) is 4. The number of hydrogen-bond acceptors (Lipinski definition) is 14. The number of rotatable bonds is 18. The van der Waals surface area contributed by atoms with E-state index < -0.39 is 45.5 Å². The quantitative estimate of drug-likeness (QED) is 0.0274. The number of alkyl halides is 6. The Labute approximate surface area is 520 Å². The summed E-state index contributed by atoms with van der Waals surface area (Å²) in [7, 11) is 0.385. The second kappa shape index (κ2) is 29.4. The smallest absolute Gasteiger partial charge is 0.398 e. The molecule has 2 saturated heterocycles. The summed E-state index contributed by atoms with van der Waals surface area (Å²) >= 11 is 6.20. The summed E-state index contributed by atoms with van der Waals surface area (Å²) in [6, 6.07) is 26.2. The highest BCUT2D eigenvalue weighted by Crippen LogP contribution is 2.43. The number of morpholine rings is 2. The van der Waals surface area contributed by atoms with Crippen molar-refractivity contribution >= 4 is 90.3 Å². The standard InChI is InChI=1S/C31H37F3N6O3Si.C23H28ClF3N4O2Si.C8H10N2O/c1-35-30(41)22-7-5-6-8-25(22)38-28-23-17-26(21-9-10-27(36-18-21)39-11-13-42-14-12-39)40(20-43-15-16-44(2,3)4)29(23)37-19-24(28)31(32,33)34;1-34(2,3)11-10-33-15-31-19(12-17-21(24)18(23(25,26)27)14-29-22(17)31)16-4-5-20(28-13-16)30-6-8-32-9-7-30;1-10-8(11)6-4-2-3-5-7(6)9/h5-10,17-19H,11-16,20H2,1-4H3,(H,35,41)(H,37,38);4-5,12-14H,6-11,15H2,1-3H3;2-5H,9H2,1H3,(H,10,11). The first-order valence-electron chi connectivity index (χ1n) is 29.0. The number of nitrogens with two attached hydrogens (primary N) is 1. The lowest BCUT2D eigenvalue weighted by atomic mass is 10.1. The van der Waals surface area contributed by atoms with Crippen molar-refractivity contribution in [2.24, 2.45) is 0 Å². The molecule has 6 aromatic heterocycles. The number of carbonyl (C=O) groups excluding carboxylic acids is 2. The number of nitrogens with zero attached hydrogens (tertiary/aromatic N) is 8. The Morgan fingerprint density at radius 3 is 1.48 bits per heavy atom. The van der Waals surface area contributed by atoms with Crippen LogP contribution in [0.1, 0.15) is 31.8 Å². The number of nitrogen functional groups attached to an aromatic ring is 1. The zero-order valence-corrected chi connectivity index (χ0v) is 53.8. The minimum atomic E-state index is -4.71. The third-order valence-electron chi connectivity index (χ3n) is 14.7. The normalized spacial score (nSPS) is 14.0. The highest BCUT2D eigenvalue weighted by molar-refractivity contribution is 6.76. The van der Waals surface area contributed by atoms with Gasteiger partial charge in [-0.15, -0.1) is 0 Å². The summed E-state index contributed by atoms with van der Waals surface area (Å²) in [5.41, 5.74) is 8.30. The van der Waals surface area contributed by atoms with E-state index in [1.54, 1.807) is 89.2 Å². The first-order chi connectivity index (χ1) is 42.3. The number of pyridine rings is 4. The Hall–Kier alpha value is -7.60. The molecule has 2 aliphatic rings. The molecule has 0 radical (unpaired) electrons. The first kappa shape index (κ1) is 67.3. The van der Waals surface area contributed by atoms with Crippen LogP contribution in [0.25, 0.3) is 44.6 Å². The van der Waals surface area contributed by atoms with Gasteiger partial charge in [-0.25, -0.2) is 19.9 Å². The average Bonchev–Trinajstić information content (AvgIpc) is 1.66. The number of para-hydroxylation sites is 2. The van der Waals surface area contributed by atoms with Crippen LogP contribution in [0.4, 0.5) is 55.0 Å². The summed E-state index contributed by atoms with van der Waals surface area (Å²) in [5, 5.41) is 8.09. The fourth-order valence-corrected chi connectivity index (χ4v) is 11.5. The number of anilines is 5. The third kappa shape index (κ3) is 17.4. The summed E-state index contributed by atoms with van der Waals surface area (Å²) < 4.78 is 110. The van der Waals surface area contributed by atoms with Crippen LogP contribution < -0.4 is 31.5 Å². The molecule has 2 aromatic carbocycles. The molecule has 5 N–H and O–H groups in total. The van der Waals surface area contributed by atoms with Crippen LogP contribution in [-0.2, 0) is 44.8 Å². The largest absolute Gasteiger partial charge is 0.419 e. The van der Waals surface area contributed by atoms with Gasteiger partial charge in [0.15, 0.2) is 0 Å². The zero-order valence-electron chi connectivity index (χ0n) is 51.0. The molecule has 8 heterocycles. The van der Waals surface area contributed by atoms with Crippen LogP contribution in [0.3, 0.4) is 0 Å². The zero-order chi connectivity index (χ0) is 64.3. The van der Waals surface area contributed by atoms with Crippen molar-refractivity contribution in [3.63, 3.8) is 0 Å². The van der Waals surface area contributed by atoms with Crippen molar-refractivity contribution in [3.05, 3.63) is 137 Å². The minimum Gasteiger partial charge on any atom is -0.398 e. The number of carbonyl (C=O) groups is 2. The van der Waals surface area contributed by atoms with E-state index in [-0.39, 0.29) is 52.1 Å². The second-order valence-corrected chi connectivity index (χ2v) is 35.2. The summed E-state index contributed by atoms with van der Waals surface area (Å²) in [5.74, 6) is 1.06. The number of nitrogens with one attached hydrogen (secondary N) is 3. The van der Waals surface area contributed by atoms with Gasteiger partial charge in [0.05, 0.1) is 76.5 Å². The molecule has 27 heteroatoms. The molecule has 0 unspecified atom stereocenters. The van der Waals surface area contributed by atoms with E-state index in [4.69, 9.17) is 36.3 Å². The van der Waals surface area contributed by atoms with E-state index in [0.717, 1.165) is 67.9 Å². The van der Waals surface area contributed by atoms with Crippen molar-refractivity contribution in [2.45, 2.75) is 77.2 Å². The molecule has 0 spiro atoms. The third-order valence-corrected chi connectivity index (χ3v) is 18.5. The second-order valence-electron chi connectivity index (χ2n) is 23.5. The predicted octanol–water partition coefficient (Wildman–Crippen LogP) is 12.9. The van der Waals surface area contributed by atoms with E-state index in [1.807, 2.05) is 24.3 Å². The fourth-order valence-electron chi connectivity index (χ4n) is 9.65. The molecular formula is C62H75ClF6N12O6Si2. The van der Waals surface area contributed by atoms with Gasteiger partial charge in [-0.2, -0.15) is 26.3 Å². The first-order valence-corrected chi connectivity index (χ1v) is 36.8. The van der Waals surface area contributed by atoms with Crippen LogP contribution in [-0.4, -0.2) is 137 Å². The Kier molecular flexibility index (Phi) is 22.2. The SMILES string of the molecule is CNC(=O)c1ccccc1N.CNC(=O)c1ccccc1Nc1c(C(F)(F)F)cnc2c1cc(-c1ccc(N3CCOCC3)nc1)n2COCC[Si](C)(C)C.C[Si](C)(C)CCOCn1c(-c2ccc(N3CCOCC3)nc2)cc2c(Cl)c(C(F)(F)F)cnc21. The van der Waals surface area contributed by atoms with Crippen molar-refractivity contribution in [2.75, 3.05) is 101 Å². The van der Waals surface area contributed by atoms with Gasteiger partial charge < -0.3 is 59.6 Å². The molecule has 2 amide bonds. The highest BCUT2D eigenvalue weighted by atomic mass is 35.5. The maximum absolute atomic E-state index is 14.4. The number of amides is 2. The molecule has 0 aliphatic carbocycles. The van der Waals surface area contributed by atoms with Crippen molar-refractivity contribution < 1.29 is 54.9 Å². The van der Waals surface area contributed by atoms with Gasteiger partial charge in [-0.3, -0.25) is 9.59 Å². The lowest BCUT2D eigenvalue weighted by molar-refractivity contribution is -0.138. The average molecular weight is 1290 g/mol. The Balaban J connectivity index is 0.000000201. The van der Waals surface area contributed by atoms with Gasteiger partial charge in [0, 0.05) is 122 Å². The van der Waals surface area contributed by atoms with Crippen LogP contribution in [0.15, 0.2) is 110 Å². The maximum Gasteiger partial charge on any atom is 0.419 e. The predicted molar refractivity (Wildman–Crippen MR) is 343 cm³/mol. The number of benzene rings is 2. The number of fused-ring (bicyclic) bond motifs is 2. The van der Waals surface area contributed by atoms with Gasteiger partial charge in [0.1, 0.15) is 36.4 Å². The van der Waals surface area contributed by atoms with E-state index in [9.17, 15) is 35.9 Å². The van der Waals surface area contributed by atoms with Gasteiger partial charge in [-0.05, 0) is 72.8 Å². The lowest BCUT2D eigenvalue weighted by Crippen LogP contribution is -2.36. The van der Waals surface area contributed by atoms with E-state index in [2.05, 4.69) is 85.0 Å². The summed E-state index contributed by atoms with van der Waals surface area (Å²) in [6.07, 6.45) is -4.24. The molecule has 2 fully saturated rings. The Morgan fingerprint density at radius 1 is 0.596 bits per heavy atom. The molecular weight excluding hydrogens is 1210 g/mol. The fraction of sp³-hybridized carbons (Fsp3) is 0.387. The Morgan fingerprint density at radius 2 is 1.03 bits per heavy atom. The number of aromatic nitrogens is 6. The molecule has 2 aliphatic heterocycles. The lowest BCUT2D eigenvalue weighted by Gasteiger charge is -2.27. The molecule has 0 saturated carbocycles. The van der Waals surface area contributed by atoms with Crippen LogP contribution in [0.2, 0.25) is 56.4 Å². The molecule has 0 atom stereocenters. The van der Waals surface area contributed by atoms with Gasteiger partial charge >= 0.3 is 12.4 Å². The van der Waals surface area contributed by atoms with Crippen molar-refractivity contribution in [1.82, 2.24) is 39.7 Å². The van der Waals surface area contributed by atoms with Gasteiger partial charge in [0.25, 0.3) is 11.8 Å². The van der Waals surface area contributed by atoms with E-state index in [1.165, 1.54) is 7.05 Å². The van der Waals surface area contributed by atoms with E-state index in [0.29, 0.717) is 79.1 Å². The van der Waals surface area contributed by atoms with E-state index >= 15 is 0 Å². The number of halogens is 7. The molecule has 18 nitrogen and oxygen atoms in total. The molecule has 10 rings (SSSR count). The molecule has 0 bridgehead atoms. The number of hydrogen-bond donors (Lipinski definition) is 4. The molecule has 8 aromatic rings. The van der Waals surface area contributed by atoms with Crippen molar-refractivity contribution in [1.29, 1.82) is 0 Å². The Bertz CT molecular complexity index is 3700. The molecule has 89 heavy (non-hydrogen) atoms. The minimum absolute atomic E-state index is 0.0984. The van der Waals surface area contributed by atoms with Crippen LogP contribution in [0.5, 0.6) is 0 Å². The van der Waals surface area contributed by atoms with Crippen LogP contribution >= 0.6 is 11.6 Å². The topological polar surface area (TPSA) is 201 Å². The highest BCUT2D eigenvalue weighted by Gasteiger charge is 2.37.